The van der Waals surface area contributed by atoms with Gasteiger partial charge in [-0.3, -0.25) is 4.79 Å². The number of carboxylic acids is 1. The molecule has 1 saturated heterocycles. The average molecular weight is 290 g/mol. The Hall–Kier alpha value is -2.24. The number of nitrogens with zero attached hydrogens (tertiary/aromatic N) is 2. The van der Waals surface area contributed by atoms with Crippen LogP contribution in [-0.2, 0) is 4.79 Å². The van der Waals surface area contributed by atoms with Gasteiger partial charge in [0, 0.05) is 25.6 Å². The monoisotopic (exact) mass is 290 g/mol. The molecule has 21 heavy (non-hydrogen) atoms. The van der Waals surface area contributed by atoms with E-state index >= 15 is 0 Å². The summed E-state index contributed by atoms with van der Waals surface area (Å²) < 4.78 is 10.9. The fourth-order valence-electron chi connectivity index (χ4n) is 2.81. The Morgan fingerprint density at radius 1 is 1.57 bits per heavy atom. The van der Waals surface area contributed by atoms with Crippen LogP contribution in [0.25, 0.3) is 11.1 Å². The quantitative estimate of drug-likeness (QED) is 0.932. The normalized spacial score (nSPS) is 18.9. The molecular formula is C15H18N2O4. The number of oxazole rings is 1. The Labute approximate surface area is 122 Å². The van der Waals surface area contributed by atoms with Crippen molar-refractivity contribution in [1.82, 2.24) is 4.98 Å². The van der Waals surface area contributed by atoms with Crippen LogP contribution in [0.15, 0.2) is 22.6 Å². The van der Waals surface area contributed by atoms with E-state index in [1.165, 1.54) is 0 Å². The number of carboxylic acid groups (broad SMARTS) is 1. The van der Waals surface area contributed by atoms with Gasteiger partial charge in [0.15, 0.2) is 5.58 Å². The summed E-state index contributed by atoms with van der Waals surface area (Å²) in [5.74, 6) is 0.148. The summed E-state index contributed by atoms with van der Waals surface area (Å²) in [6, 6.07) is 6.07. The van der Waals surface area contributed by atoms with Gasteiger partial charge < -0.3 is 19.2 Å². The van der Waals surface area contributed by atoms with Crippen molar-refractivity contribution >= 4 is 23.1 Å². The number of rotatable bonds is 4. The van der Waals surface area contributed by atoms with Crippen molar-refractivity contribution in [2.75, 3.05) is 25.1 Å². The number of hydrogen-bond donors (Lipinski definition) is 1. The summed E-state index contributed by atoms with van der Waals surface area (Å²) in [6.45, 7) is 1.52. The lowest BCUT2D eigenvalue weighted by atomic mass is 9.95. The molecule has 1 aromatic heterocycles. The number of fused-ring (bicyclic) bond motifs is 1. The van der Waals surface area contributed by atoms with Gasteiger partial charge in [-0.1, -0.05) is 0 Å². The fourth-order valence-corrected chi connectivity index (χ4v) is 2.81. The number of aromatic nitrogens is 1. The molecular weight excluding hydrogens is 272 g/mol. The third-order valence-electron chi connectivity index (χ3n) is 3.84. The van der Waals surface area contributed by atoms with Crippen LogP contribution in [0.2, 0.25) is 0 Å². The van der Waals surface area contributed by atoms with E-state index in [1.54, 1.807) is 7.11 Å². The Kier molecular flexibility index (Phi) is 3.68. The Balaban J connectivity index is 1.80. The van der Waals surface area contributed by atoms with Crippen LogP contribution >= 0.6 is 0 Å². The van der Waals surface area contributed by atoms with Gasteiger partial charge in [0.2, 0.25) is 0 Å². The molecule has 0 amide bonds. The SMILES string of the molecule is COc1ccc2oc(N3CCC[C@@H](CC(=O)O)C3)nc2c1. The molecule has 112 valence electrons. The van der Waals surface area contributed by atoms with E-state index in [1.807, 2.05) is 23.1 Å². The van der Waals surface area contributed by atoms with Gasteiger partial charge in [0.25, 0.3) is 6.01 Å². The lowest BCUT2D eigenvalue weighted by molar-refractivity contribution is -0.138. The Bertz CT molecular complexity index is 652. The minimum absolute atomic E-state index is 0.154. The number of anilines is 1. The highest BCUT2D eigenvalue weighted by Gasteiger charge is 2.25. The van der Waals surface area contributed by atoms with Crippen molar-refractivity contribution in [2.45, 2.75) is 19.3 Å². The third kappa shape index (κ3) is 2.94. The van der Waals surface area contributed by atoms with Gasteiger partial charge in [-0.25, -0.2) is 0 Å². The van der Waals surface area contributed by atoms with Gasteiger partial charge >= 0.3 is 5.97 Å². The van der Waals surface area contributed by atoms with E-state index in [0.29, 0.717) is 18.1 Å². The third-order valence-corrected chi connectivity index (χ3v) is 3.84. The minimum Gasteiger partial charge on any atom is -0.497 e. The Morgan fingerprint density at radius 3 is 3.19 bits per heavy atom. The molecule has 1 N–H and O–H groups in total. The zero-order chi connectivity index (χ0) is 14.8. The number of carbonyl (C=O) groups is 1. The van der Waals surface area contributed by atoms with E-state index in [9.17, 15) is 4.79 Å². The topological polar surface area (TPSA) is 75.8 Å². The molecule has 6 heteroatoms. The first-order chi connectivity index (χ1) is 10.2. The predicted molar refractivity (Wildman–Crippen MR) is 77.8 cm³/mol. The van der Waals surface area contributed by atoms with Crippen LogP contribution in [0, 0.1) is 5.92 Å². The summed E-state index contributed by atoms with van der Waals surface area (Å²) >= 11 is 0. The summed E-state index contributed by atoms with van der Waals surface area (Å²) in [5.41, 5.74) is 1.47. The molecule has 1 aliphatic rings. The molecule has 0 unspecified atom stereocenters. The zero-order valence-electron chi connectivity index (χ0n) is 11.9. The predicted octanol–water partition coefficient (Wildman–Crippen LogP) is 2.53. The summed E-state index contributed by atoms with van der Waals surface area (Å²) in [5, 5.41) is 8.92. The number of benzene rings is 1. The highest BCUT2D eigenvalue weighted by Crippen LogP contribution is 2.29. The molecule has 0 radical (unpaired) electrons. The number of hydrogen-bond acceptors (Lipinski definition) is 5. The van der Waals surface area contributed by atoms with Crippen LogP contribution in [-0.4, -0.2) is 36.3 Å². The molecule has 1 aromatic carbocycles. The summed E-state index contributed by atoms with van der Waals surface area (Å²) in [6.07, 6.45) is 2.10. The molecule has 0 saturated carbocycles. The second kappa shape index (κ2) is 5.63. The molecule has 1 aliphatic heterocycles. The molecule has 0 bridgehead atoms. The first-order valence-electron chi connectivity index (χ1n) is 7.07. The van der Waals surface area contributed by atoms with E-state index in [2.05, 4.69) is 4.98 Å². The molecule has 3 rings (SSSR count). The summed E-state index contributed by atoms with van der Waals surface area (Å²) in [4.78, 5) is 17.4. The number of ether oxygens (including phenoxy) is 1. The lowest BCUT2D eigenvalue weighted by Crippen LogP contribution is -2.36. The lowest BCUT2D eigenvalue weighted by Gasteiger charge is -2.30. The van der Waals surface area contributed by atoms with Crippen LogP contribution in [0.1, 0.15) is 19.3 Å². The number of piperidine rings is 1. The largest absolute Gasteiger partial charge is 0.497 e. The molecule has 2 aromatic rings. The highest BCUT2D eigenvalue weighted by atomic mass is 16.5. The van der Waals surface area contributed by atoms with E-state index in [-0.39, 0.29) is 12.3 Å². The first-order valence-corrected chi connectivity index (χ1v) is 7.07. The second-order valence-corrected chi connectivity index (χ2v) is 5.38. The van der Waals surface area contributed by atoms with Crippen LogP contribution in [0.4, 0.5) is 6.01 Å². The van der Waals surface area contributed by atoms with Crippen molar-refractivity contribution in [3.8, 4) is 5.75 Å². The molecule has 2 heterocycles. The van der Waals surface area contributed by atoms with Gasteiger partial charge in [-0.15, -0.1) is 0 Å². The average Bonchev–Trinajstić information content (AvgIpc) is 2.89. The van der Waals surface area contributed by atoms with Crippen molar-refractivity contribution in [3.63, 3.8) is 0 Å². The van der Waals surface area contributed by atoms with Crippen molar-refractivity contribution < 1.29 is 19.1 Å². The highest BCUT2D eigenvalue weighted by molar-refractivity contribution is 5.76. The standard InChI is InChI=1S/C15H18N2O4/c1-20-11-4-5-13-12(8-11)16-15(21-13)17-6-2-3-10(9-17)7-14(18)19/h4-5,8,10H,2-3,6-7,9H2,1H3,(H,18,19)/t10-/m0/s1. The minimum atomic E-state index is -0.746. The van der Waals surface area contributed by atoms with Crippen LogP contribution in [0.5, 0.6) is 5.75 Å². The molecule has 1 fully saturated rings. The van der Waals surface area contributed by atoms with Crippen LogP contribution < -0.4 is 9.64 Å². The summed E-state index contributed by atoms with van der Waals surface area (Å²) in [7, 11) is 1.61. The van der Waals surface area contributed by atoms with Gasteiger partial charge in [0.1, 0.15) is 11.3 Å². The maximum atomic E-state index is 10.9. The molecule has 1 atom stereocenters. The van der Waals surface area contributed by atoms with Crippen molar-refractivity contribution in [2.24, 2.45) is 5.92 Å². The van der Waals surface area contributed by atoms with Crippen molar-refractivity contribution in [1.29, 1.82) is 0 Å². The molecule has 6 nitrogen and oxygen atoms in total. The van der Waals surface area contributed by atoms with E-state index in [0.717, 1.165) is 30.7 Å². The number of aliphatic carboxylic acids is 1. The van der Waals surface area contributed by atoms with Crippen molar-refractivity contribution in [3.05, 3.63) is 18.2 Å². The maximum Gasteiger partial charge on any atom is 0.303 e. The molecule has 0 aliphatic carbocycles. The fraction of sp³-hybridized carbons (Fsp3) is 0.467. The Morgan fingerprint density at radius 2 is 2.43 bits per heavy atom. The van der Waals surface area contributed by atoms with Gasteiger partial charge in [-0.05, 0) is 30.9 Å². The van der Waals surface area contributed by atoms with Crippen LogP contribution in [0.3, 0.4) is 0 Å². The van der Waals surface area contributed by atoms with Gasteiger partial charge in [0.05, 0.1) is 7.11 Å². The second-order valence-electron chi connectivity index (χ2n) is 5.38. The van der Waals surface area contributed by atoms with Gasteiger partial charge in [-0.2, -0.15) is 4.98 Å². The zero-order valence-corrected chi connectivity index (χ0v) is 11.9. The van der Waals surface area contributed by atoms with E-state index < -0.39 is 5.97 Å². The van der Waals surface area contributed by atoms with E-state index in [4.69, 9.17) is 14.3 Å². The molecule has 0 spiro atoms. The number of methoxy groups -OCH3 is 1. The first kappa shape index (κ1) is 13.7. The maximum absolute atomic E-state index is 10.9. The smallest absolute Gasteiger partial charge is 0.303 e.